The summed E-state index contributed by atoms with van der Waals surface area (Å²) in [7, 11) is 1.57. The third kappa shape index (κ3) is 5.93. The van der Waals surface area contributed by atoms with Crippen LogP contribution in [0, 0.1) is 5.82 Å². The summed E-state index contributed by atoms with van der Waals surface area (Å²) >= 11 is 7.13. The van der Waals surface area contributed by atoms with Gasteiger partial charge in [-0.05, 0) is 49.4 Å². The molecule has 1 N–H and O–H groups in total. The van der Waals surface area contributed by atoms with Crippen LogP contribution < -0.4 is 10.1 Å². The molecular weight excluding hydrogens is 381 g/mol. The zero-order valence-corrected chi connectivity index (χ0v) is 15.7. The molecule has 138 valence electrons. The van der Waals surface area contributed by atoms with Crippen LogP contribution in [0.15, 0.2) is 47.4 Å². The Kier molecular flexibility index (Phi) is 7.29. The second-order valence-electron chi connectivity index (χ2n) is 5.21. The molecule has 0 aliphatic heterocycles. The Bertz CT molecular complexity index is 785. The van der Waals surface area contributed by atoms with Crippen molar-refractivity contribution in [1.82, 2.24) is 0 Å². The van der Waals surface area contributed by atoms with Crippen LogP contribution in [-0.2, 0) is 14.3 Å². The highest BCUT2D eigenvalue weighted by Crippen LogP contribution is 2.23. The summed E-state index contributed by atoms with van der Waals surface area (Å²) in [5, 5.41) is 2.56. The Morgan fingerprint density at radius 2 is 1.92 bits per heavy atom. The maximum absolute atomic E-state index is 13.0. The van der Waals surface area contributed by atoms with Gasteiger partial charge in [-0.15, -0.1) is 11.8 Å². The molecule has 2 rings (SSSR count). The van der Waals surface area contributed by atoms with Gasteiger partial charge in [-0.2, -0.15) is 0 Å². The first-order chi connectivity index (χ1) is 12.4. The molecule has 2 aromatic rings. The lowest BCUT2D eigenvalue weighted by Crippen LogP contribution is -2.30. The lowest BCUT2D eigenvalue weighted by molar-refractivity contribution is -0.150. The van der Waals surface area contributed by atoms with Crippen molar-refractivity contribution in [3.63, 3.8) is 0 Å². The molecule has 2 aromatic carbocycles. The third-order valence-corrected chi connectivity index (χ3v) is 4.58. The normalized spacial score (nSPS) is 11.5. The Hall–Kier alpha value is -2.25. The van der Waals surface area contributed by atoms with E-state index in [1.54, 1.807) is 19.2 Å². The van der Waals surface area contributed by atoms with Crippen molar-refractivity contribution in [3.8, 4) is 5.75 Å². The number of anilines is 1. The number of thioether (sulfide) groups is 1. The standard InChI is InChI=1S/C18H17ClFNO4S/c1-11(18(23)21-16-8-3-12(20)9-15(16)19)25-17(22)10-26-14-6-4-13(24-2)5-7-14/h3-9,11H,10H2,1-2H3,(H,21,23)/t11-/m1/s1. The second-order valence-corrected chi connectivity index (χ2v) is 6.67. The number of hydrogen-bond acceptors (Lipinski definition) is 5. The molecule has 0 unspecified atom stereocenters. The quantitative estimate of drug-likeness (QED) is 0.561. The molecule has 0 spiro atoms. The zero-order valence-electron chi connectivity index (χ0n) is 14.1. The van der Waals surface area contributed by atoms with E-state index in [0.29, 0.717) is 0 Å². The first kappa shape index (κ1) is 20.1. The number of ether oxygens (including phenoxy) is 2. The summed E-state index contributed by atoms with van der Waals surface area (Å²) < 4.78 is 23.2. The van der Waals surface area contributed by atoms with E-state index in [0.717, 1.165) is 16.7 Å². The average Bonchev–Trinajstić information content (AvgIpc) is 2.62. The van der Waals surface area contributed by atoms with Crippen molar-refractivity contribution < 1.29 is 23.5 Å². The van der Waals surface area contributed by atoms with E-state index in [2.05, 4.69) is 5.32 Å². The van der Waals surface area contributed by atoms with Crippen LogP contribution in [0.3, 0.4) is 0 Å². The summed E-state index contributed by atoms with van der Waals surface area (Å²) in [6, 6.07) is 10.8. The van der Waals surface area contributed by atoms with Gasteiger partial charge in [0.25, 0.3) is 5.91 Å². The molecular formula is C18H17ClFNO4S. The molecule has 5 nitrogen and oxygen atoms in total. The van der Waals surface area contributed by atoms with Gasteiger partial charge in [-0.3, -0.25) is 9.59 Å². The van der Waals surface area contributed by atoms with Gasteiger partial charge in [-0.1, -0.05) is 11.6 Å². The fourth-order valence-electron chi connectivity index (χ4n) is 1.92. The van der Waals surface area contributed by atoms with Crippen molar-refractivity contribution in [2.75, 3.05) is 18.2 Å². The lowest BCUT2D eigenvalue weighted by Gasteiger charge is -2.14. The summed E-state index contributed by atoms with van der Waals surface area (Å²) in [5.74, 6) is -0.814. The topological polar surface area (TPSA) is 64.6 Å². The zero-order chi connectivity index (χ0) is 19.1. The molecule has 0 bridgehead atoms. The number of methoxy groups -OCH3 is 1. The van der Waals surface area contributed by atoms with Gasteiger partial charge in [0.15, 0.2) is 6.10 Å². The number of halogens is 2. The molecule has 0 aromatic heterocycles. The highest BCUT2D eigenvalue weighted by Gasteiger charge is 2.19. The Morgan fingerprint density at radius 1 is 1.23 bits per heavy atom. The van der Waals surface area contributed by atoms with Crippen molar-refractivity contribution >= 4 is 40.9 Å². The van der Waals surface area contributed by atoms with E-state index in [9.17, 15) is 14.0 Å². The lowest BCUT2D eigenvalue weighted by atomic mass is 10.3. The molecule has 8 heteroatoms. The maximum Gasteiger partial charge on any atom is 0.317 e. The minimum Gasteiger partial charge on any atom is -0.497 e. The van der Waals surface area contributed by atoms with E-state index in [1.165, 1.54) is 30.8 Å². The molecule has 26 heavy (non-hydrogen) atoms. The van der Waals surface area contributed by atoms with Gasteiger partial charge in [0.05, 0.1) is 23.6 Å². The monoisotopic (exact) mass is 397 g/mol. The Morgan fingerprint density at radius 3 is 2.54 bits per heavy atom. The molecule has 1 amide bonds. The Balaban J connectivity index is 1.82. The molecule has 0 radical (unpaired) electrons. The number of esters is 1. The van der Waals surface area contributed by atoms with Gasteiger partial charge in [0.2, 0.25) is 0 Å². The molecule has 0 heterocycles. The van der Waals surface area contributed by atoms with Gasteiger partial charge < -0.3 is 14.8 Å². The summed E-state index contributed by atoms with van der Waals surface area (Å²) in [6.07, 6.45) is -1.01. The highest BCUT2D eigenvalue weighted by molar-refractivity contribution is 8.00. The number of benzene rings is 2. The number of carbonyl (C=O) groups excluding carboxylic acids is 2. The Labute approximate surface area is 159 Å². The summed E-state index contributed by atoms with van der Waals surface area (Å²) in [6.45, 7) is 1.45. The minimum absolute atomic E-state index is 0.0568. The van der Waals surface area contributed by atoms with E-state index in [1.807, 2.05) is 12.1 Å². The number of carbonyl (C=O) groups is 2. The van der Waals surface area contributed by atoms with E-state index >= 15 is 0 Å². The molecule has 0 saturated carbocycles. The van der Waals surface area contributed by atoms with Gasteiger partial charge in [0.1, 0.15) is 11.6 Å². The second kappa shape index (κ2) is 9.45. The van der Waals surface area contributed by atoms with Crippen LogP contribution in [0.5, 0.6) is 5.75 Å². The SMILES string of the molecule is COc1ccc(SCC(=O)O[C@H](C)C(=O)Nc2ccc(F)cc2Cl)cc1. The predicted molar refractivity (Wildman–Crippen MR) is 99.3 cm³/mol. The first-order valence-electron chi connectivity index (χ1n) is 7.61. The number of rotatable bonds is 7. The van der Waals surface area contributed by atoms with Crippen LogP contribution in [0.1, 0.15) is 6.92 Å². The third-order valence-electron chi connectivity index (χ3n) is 3.28. The van der Waals surface area contributed by atoms with Crippen LogP contribution in [0.4, 0.5) is 10.1 Å². The predicted octanol–water partition coefficient (Wildman–Crippen LogP) is 4.15. The van der Waals surface area contributed by atoms with Crippen LogP contribution in [-0.4, -0.2) is 30.8 Å². The van der Waals surface area contributed by atoms with Crippen molar-refractivity contribution in [2.24, 2.45) is 0 Å². The molecule has 1 atom stereocenters. The molecule has 0 saturated heterocycles. The largest absolute Gasteiger partial charge is 0.497 e. The number of hydrogen-bond donors (Lipinski definition) is 1. The number of nitrogens with one attached hydrogen (secondary N) is 1. The summed E-state index contributed by atoms with van der Waals surface area (Å²) in [4.78, 5) is 24.8. The van der Waals surface area contributed by atoms with Gasteiger partial charge in [0, 0.05) is 4.90 Å². The smallest absolute Gasteiger partial charge is 0.317 e. The fourth-order valence-corrected chi connectivity index (χ4v) is 2.82. The molecule has 0 aliphatic carbocycles. The fraction of sp³-hybridized carbons (Fsp3) is 0.222. The van der Waals surface area contributed by atoms with Gasteiger partial charge in [-0.25, -0.2) is 4.39 Å². The van der Waals surface area contributed by atoms with Crippen molar-refractivity contribution in [3.05, 3.63) is 53.3 Å². The molecule has 0 aliphatic rings. The summed E-state index contributed by atoms with van der Waals surface area (Å²) in [5.41, 5.74) is 0.244. The van der Waals surface area contributed by atoms with Crippen LogP contribution >= 0.6 is 23.4 Å². The first-order valence-corrected chi connectivity index (χ1v) is 8.97. The van der Waals surface area contributed by atoms with Gasteiger partial charge >= 0.3 is 5.97 Å². The van der Waals surface area contributed by atoms with Crippen molar-refractivity contribution in [2.45, 2.75) is 17.9 Å². The van der Waals surface area contributed by atoms with Crippen molar-refractivity contribution in [1.29, 1.82) is 0 Å². The van der Waals surface area contributed by atoms with E-state index in [-0.39, 0.29) is 16.5 Å². The highest BCUT2D eigenvalue weighted by atomic mass is 35.5. The maximum atomic E-state index is 13.0. The van der Waals surface area contributed by atoms with E-state index < -0.39 is 23.8 Å². The van der Waals surface area contributed by atoms with Crippen LogP contribution in [0.2, 0.25) is 5.02 Å². The van der Waals surface area contributed by atoms with Crippen LogP contribution in [0.25, 0.3) is 0 Å². The average molecular weight is 398 g/mol. The number of amides is 1. The minimum atomic E-state index is -1.01. The van der Waals surface area contributed by atoms with E-state index in [4.69, 9.17) is 21.1 Å². The molecule has 0 fully saturated rings.